The lowest BCUT2D eigenvalue weighted by molar-refractivity contribution is -0.123. The van der Waals surface area contributed by atoms with Gasteiger partial charge in [-0.2, -0.15) is 0 Å². The number of nitrogens with zero attached hydrogens (tertiary/aromatic N) is 2. The van der Waals surface area contributed by atoms with Gasteiger partial charge in [-0.3, -0.25) is 14.5 Å². The number of rotatable bonds is 6. The Morgan fingerprint density at radius 2 is 1.97 bits per heavy atom. The van der Waals surface area contributed by atoms with Crippen LogP contribution in [-0.2, 0) is 11.3 Å². The quantitative estimate of drug-likeness (QED) is 0.644. The number of fused-ring (bicyclic) bond motifs is 1. The summed E-state index contributed by atoms with van der Waals surface area (Å²) in [6.07, 6.45) is 0. The van der Waals surface area contributed by atoms with E-state index in [9.17, 15) is 14.0 Å². The van der Waals surface area contributed by atoms with Crippen LogP contribution in [0.15, 0.2) is 34.4 Å². The van der Waals surface area contributed by atoms with Crippen LogP contribution >= 0.6 is 11.3 Å². The normalized spacial score (nSPS) is 11.9. The number of nitrogens with one attached hydrogen (secondary N) is 2. The Labute approximate surface area is 172 Å². The van der Waals surface area contributed by atoms with E-state index in [-0.39, 0.29) is 29.4 Å². The first-order valence-corrected chi connectivity index (χ1v) is 10.3. The number of aromatic amines is 1. The van der Waals surface area contributed by atoms with Gasteiger partial charge >= 0.3 is 0 Å². The Morgan fingerprint density at radius 3 is 2.59 bits per heavy atom. The van der Waals surface area contributed by atoms with E-state index >= 15 is 0 Å². The summed E-state index contributed by atoms with van der Waals surface area (Å²) < 4.78 is 13.2. The number of carbonyl (C=O) groups excluding carboxylic acids is 1. The number of amides is 1. The van der Waals surface area contributed by atoms with Crippen LogP contribution in [0, 0.1) is 5.82 Å². The van der Waals surface area contributed by atoms with Crippen LogP contribution in [0.1, 0.15) is 33.5 Å². The first kappa shape index (κ1) is 21.1. The summed E-state index contributed by atoms with van der Waals surface area (Å²) in [5, 5.41) is 5.30. The standard InChI is InChI=1S/C21H25FN4O2S/c1-5-26(11-17(27)25-21(2,3)4)10-16-23-19(28)18-15(12-29-20(18)24-16)13-6-8-14(22)9-7-13/h6-9,12H,5,10-11H2,1-4H3,(H,25,27)(H,23,24,28). The molecule has 0 fully saturated rings. The van der Waals surface area contributed by atoms with Crippen LogP contribution in [0.4, 0.5) is 4.39 Å². The lowest BCUT2D eigenvalue weighted by Gasteiger charge is -2.24. The van der Waals surface area contributed by atoms with Gasteiger partial charge in [0, 0.05) is 16.5 Å². The van der Waals surface area contributed by atoms with Crippen LogP contribution in [0.5, 0.6) is 0 Å². The number of hydrogen-bond donors (Lipinski definition) is 2. The maximum absolute atomic E-state index is 13.2. The third-order valence-corrected chi connectivity index (χ3v) is 5.22. The molecule has 8 heteroatoms. The summed E-state index contributed by atoms with van der Waals surface area (Å²) in [4.78, 5) is 34.9. The number of benzene rings is 1. The third-order valence-electron chi connectivity index (χ3n) is 4.35. The van der Waals surface area contributed by atoms with Gasteiger partial charge in [-0.25, -0.2) is 9.37 Å². The zero-order valence-electron chi connectivity index (χ0n) is 17.0. The van der Waals surface area contributed by atoms with Gasteiger partial charge in [-0.1, -0.05) is 19.1 Å². The van der Waals surface area contributed by atoms with E-state index in [1.165, 1.54) is 23.5 Å². The van der Waals surface area contributed by atoms with E-state index in [2.05, 4.69) is 15.3 Å². The molecule has 0 spiro atoms. The van der Waals surface area contributed by atoms with Crippen molar-refractivity contribution in [1.29, 1.82) is 0 Å². The molecule has 2 aromatic heterocycles. The van der Waals surface area contributed by atoms with Gasteiger partial charge in [0.25, 0.3) is 5.56 Å². The summed E-state index contributed by atoms with van der Waals surface area (Å²) >= 11 is 1.38. The molecule has 1 aromatic carbocycles. The molecule has 29 heavy (non-hydrogen) atoms. The maximum atomic E-state index is 13.2. The molecule has 0 atom stereocenters. The topological polar surface area (TPSA) is 78.1 Å². The van der Waals surface area contributed by atoms with Crippen molar-refractivity contribution in [1.82, 2.24) is 20.2 Å². The average Bonchev–Trinajstić information content (AvgIpc) is 3.04. The summed E-state index contributed by atoms with van der Waals surface area (Å²) in [5.41, 5.74) is 0.977. The summed E-state index contributed by atoms with van der Waals surface area (Å²) in [7, 11) is 0. The highest BCUT2D eigenvalue weighted by Gasteiger charge is 2.18. The zero-order valence-corrected chi connectivity index (χ0v) is 17.8. The lowest BCUT2D eigenvalue weighted by atomic mass is 10.1. The molecule has 0 unspecified atom stereocenters. The lowest BCUT2D eigenvalue weighted by Crippen LogP contribution is -2.45. The van der Waals surface area contributed by atoms with Crippen molar-refractivity contribution in [2.24, 2.45) is 0 Å². The maximum Gasteiger partial charge on any atom is 0.260 e. The second-order valence-corrected chi connectivity index (χ2v) is 8.81. The third kappa shape index (κ3) is 5.27. The van der Waals surface area contributed by atoms with E-state index in [1.54, 1.807) is 12.1 Å². The highest BCUT2D eigenvalue weighted by molar-refractivity contribution is 7.17. The molecule has 0 aliphatic rings. The van der Waals surface area contributed by atoms with Gasteiger partial charge in [-0.05, 0) is 45.0 Å². The molecule has 6 nitrogen and oxygen atoms in total. The molecular formula is C21H25FN4O2S. The van der Waals surface area contributed by atoms with E-state index in [1.807, 2.05) is 38.0 Å². The van der Waals surface area contributed by atoms with E-state index in [0.717, 1.165) is 11.1 Å². The van der Waals surface area contributed by atoms with E-state index < -0.39 is 0 Å². The fourth-order valence-corrected chi connectivity index (χ4v) is 4.03. The minimum atomic E-state index is -0.322. The summed E-state index contributed by atoms with van der Waals surface area (Å²) in [6.45, 7) is 8.99. The molecule has 2 heterocycles. The van der Waals surface area contributed by atoms with Crippen molar-refractivity contribution < 1.29 is 9.18 Å². The largest absolute Gasteiger partial charge is 0.350 e. The van der Waals surface area contributed by atoms with Gasteiger partial charge in [0.2, 0.25) is 5.91 Å². The monoisotopic (exact) mass is 416 g/mol. The van der Waals surface area contributed by atoms with Crippen molar-refractivity contribution >= 4 is 27.5 Å². The van der Waals surface area contributed by atoms with Gasteiger partial charge in [0.15, 0.2) is 0 Å². The Hall–Kier alpha value is -2.58. The Kier molecular flexibility index (Phi) is 6.14. The van der Waals surface area contributed by atoms with Crippen LogP contribution in [-0.4, -0.2) is 39.4 Å². The first-order chi connectivity index (χ1) is 13.7. The van der Waals surface area contributed by atoms with Crippen LogP contribution in [0.2, 0.25) is 0 Å². The fraction of sp³-hybridized carbons (Fsp3) is 0.381. The molecule has 3 rings (SSSR count). The Morgan fingerprint density at radius 1 is 1.28 bits per heavy atom. The van der Waals surface area contributed by atoms with Gasteiger partial charge in [-0.15, -0.1) is 11.3 Å². The number of thiophene rings is 1. The van der Waals surface area contributed by atoms with Crippen LogP contribution in [0.25, 0.3) is 21.3 Å². The van der Waals surface area contributed by atoms with Crippen LogP contribution < -0.4 is 10.9 Å². The Bertz CT molecular complexity index is 1070. The molecule has 3 aromatic rings. The van der Waals surface area contributed by atoms with E-state index in [4.69, 9.17) is 0 Å². The van der Waals surface area contributed by atoms with Gasteiger partial charge in [0.05, 0.1) is 18.5 Å². The predicted octanol–water partition coefficient (Wildman–Crippen LogP) is 3.53. The highest BCUT2D eigenvalue weighted by Crippen LogP contribution is 2.30. The van der Waals surface area contributed by atoms with Gasteiger partial charge < -0.3 is 10.3 Å². The molecule has 0 bridgehead atoms. The van der Waals surface area contributed by atoms with Crippen molar-refractivity contribution in [3.05, 3.63) is 51.6 Å². The molecule has 2 N–H and O–H groups in total. The van der Waals surface area contributed by atoms with Crippen molar-refractivity contribution in [2.75, 3.05) is 13.1 Å². The molecule has 0 aliphatic carbocycles. The van der Waals surface area contributed by atoms with Crippen molar-refractivity contribution in [3.63, 3.8) is 0 Å². The fourth-order valence-electron chi connectivity index (χ4n) is 3.06. The second kappa shape index (κ2) is 8.42. The molecule has 0 radical (unpaired) electrons. The molecular weight excluding hydrogens is 391 g/mol. The molecule has 0 saturated carbocycles. The first-order valence-electron chi connectivity index (χ1n) is 9.46. The number of carbonyl (C=O) groups is 1. The van der Waals surface area contributed by atoms with Gasteiger partial charge in [0.1, 0.15) is 16.5 Å². The zero-order chi connectivity index (χ0) is 21.2. The minimum absolute atomic E-state index is 0.0718. The Balaban J connectivity index is 1.83. The van der Waals surface area contributed by atoms with Crippen molar-refractivity contribution in [2.45, 2.75) is 39.8 Å². The number of aromatic nitrogens is 2. The minimum Gasteiger partial charge on any atom is -0.350 e. The van der Waals surface area contributed by atoms with Crippen LogP contribution in [0.3, 0.4) is 0 Å². The number of hydrogen-bond acceptors (Lipinski definition) is 5. The highest BCUT2D eigenvalue weighted by atomic mass is 32.1. The number of H-pyrrole nitrogens is 1. The molecule has 154 valence electrons. The van der Waals surface area contributed by atoms with E-state index in [0.29, 0.717) is 29.1 Å². The molecule has 0 aliphatic heterocycles. The SMILES string of the molecule is CCN(CC(=O)NC(C)(C)C)Cc1nc2scc(-c3ccc(F)cc3)c2c(=O)[nH]1. The summed E-state index contributed by atoms with van der Waals surface area (Å²) in [6, 6.07) is 6.04. The number of likely N-dealkylation sites (N-methyl/N-ethyl adjacent to an activating group) is 1. The van der Waals surface area contributed by atoms with Crippen molar-refractivity contribution in [3.8, 4) is 11.1 Å². The molecule has 1 amide bonds. The second-order valence-electron chi connectivity index (χ2n) is 7.95. The number of halogens is 1. The predicted molar refractivity (Wildman–Crippen MR) is 114 cm³/mol. The average molecular weight is 417 g/mol. The molecule has 0 saturated heterocycles. The smallest absolute Gasteiger partial charge is 0.260 e. The summed E-state index contributed by atoms with van der Waals surface area (Å²) in [5.74, 6) is 0.121.